The highest BCUT2D eigenvalue weighted by molar-refractivity contribution is 6.30. The number of aliphatic hydroxyl groups is 1. The first kappa shape index (κ1) is 23.3. The van der Waals surface area contributed by atoms with Gasteiger partial charge in [-0.3, -0.25) is 0 Å². The van der Waals surface area contributed by atoms with E-state index in [0.29, 0.717) is 33.9 Å². The molecule has 3 heterocycles. The number of imidazole rings is 1. The highest BCUT2D eigenvalue weighted by Gasteiger charge is 2.37. The number of hydrogen-bond donors (Lipinski definition) is 1. The molecule has 0 radical (unpaired) electrons. The molecule has 7 nitrogen and oxygen atoms in total. The molecule has 9 heteroatoms. The number of fused-ring (bicyclic) bond motifs is 3. The summed E-state index contributed by atoms with van der Waals surface area (Å²) in [5.74, 6) is -0.376. The summed E-state index contributed by atoms with van der Waals surface area (Å²) in [5.41, 5.74) is 3.74. The summed E-state index contributed by atoms with van der Waals surface area (Å²) in [6.07, 6.45) is 4.73. The number of hydrogen-bond acceptors (Lipinski definition) is 5. The van der Waals surface area contributed by atoms with Gasteiger partial charge in [0.1, 0.15) is 5.82 Å². The van der Waals surface area contributed by atoms with Crippen molar-refractivity contribution in [3.8, 4) is 0 Å². The van der Waals surface area contributed by atoms with Gasteiger partial charge in [-0.05, 0) is 88.0 Å². The summed E-state index contributed by atoms with van der Waals surface area (Å²) in [6.45, 7) is 0. The largest absolute Gasteiger partial charge is 0.374 e. The first-order chi connectivity index (χ1) is 17.9. The standard InChI is InChI=1S/C28H22ClFN6O/c1-35-17-31-16-26(35)28(37,20-7-10-23(30)11-8-20)21-9-12-25-24(15-21)19(14-27-32-33-34-36(25)27)6-5-18-3-2-4-22(29)13-18/h2-4,7-17,37H,5-6H2,1H3. The molecule has 6 rings (SSSR count). The number of aromatic nitrogens is 6. The first-order valence-electron chi connectivity index (χ1n) is 11.8. The molecule has 0 spiro atoms. The van der Waals surface area contributed by atoms with Crippen LogP contribution in [0.3, 0.4) is 0 Å². The summed E-state index contributed by atoms with van der Waals surface area (Å²) < 4.78 is 17.2. The Morgan fingerprint density at radius 1 is 0.973 bits per heavy atom. The molecule has 0 saturated heterocycles. The normalized spacial score (nSPS) is 13.3. The van der Waals surface area contributed by atoms with Gasteiger partial charge in [-0.1, -0.05) is 41.9 Å². The van der Waals surface area contributed by atoms with Crippen molar-refractivity contribution in [3.63, 3.8) is 0 Å². The summed E-state index contributed by atoms with van der Waals surface area (Å²) in [4.78, 5) is 4.23. The molecule has 0 fully saturated rings. The van der Waals surface area contributed by atoms with E-state index in [1.54, 1.807) is 33.7 Å². The number of aryl methyl sites for hydroxylation is 3. The molecule has 0 amide bonds. The van der Waals surface area contributed by atoms with Crippen LogP contribution in [0.5, 0.6) is 0 Å². The molecule has 1 N–H and O–H groups in total. The van der Waals surface area contributed by atoms with E-state index in [0.717, 1.165) is 28.5 Å². The molecule has 0 aliphatic rings. The highest BCUT2D eigenvalue weighted by atomic mass is 35.5. The molecule has 1 atom stereocenters. The summed E-state index contributed by atoms with van der Waals surface area (Å²) in [6, 6.07) is 21.4. The third-order valence-electron chi connectivity index (χ3n) is 6.81. The van der Waals surface area contributed by atoms with Crippen LogP contribution in [-0.2, 0) is 25.5 Å². The monoisotopic (exact) mass is 512 g/mol. The Balaban J connectivity index is 1.54. The van der Waals surface area contributed by atoms with Crippen LogP contribution in [0.1, 0.15) is 27.9 Å². The predicted molar refractivity (Wildman–Crippen MR) is 139 cm³/mol. The summed E-state index contributed by atoms with van der Waals surface area (Å²) in [7, 11) is 1.82. The minimum atomic E-state index is -1.58. The van der Waals surface area contributed by atoms with Crippen molar-refractivity contribution >= 4 is 28.2 Å². The lowest BCUT2D eigenvalue weighted by Gasteiger charge is -2.30. The van der Waals surface area contributed by atoms with Crippen LogP contribution < -0.4 is 0 Å². The molecule has 6 aromatic rings. The molecular formula is C28H22ClFN6O. The average Bonchev–Trinajstić information content (AvgIpc) is 3.56. The van der Waals surface area contributed by atoms with E-state index in [1.165, 1.54) is 12.1 Å². The Bertz CT molecular complexity index is 1750. The average molecular weight is 513 g/mol. The van der Waals surface area contributed by atoms with Gasteiger partial charge in [0.05, 0.1) is 23.7 Å². The minimum Gasteiger partial charge on any atom is -0.374 e. The van der Waals surface area contributed by atoms with Crippen molar-refractivity contribution in [1.82, 2.24) is 29.6 Å². The highest BCUT2D eigenvalue weighted by Crippen LogP contribution is 2.38. The zero-order chi connectivity index (χ0) is 25.6. The smallest absolute Gasteiger partial charge is 0.180 e. The summed E-state index contributed by atoms with van der Waals surface area (Å²) >= 11 is 6.20. The molecule has 3 aromatic heterocycles. The third kappa shape index (κ3) is 4.04. The second kappa shape index (κ2) is 9.06. The van der Waals surface area contributed by atoms with Gasteiger partial charge in [-0.25, -0.2) is 9.37 Å². The van der Waals surface area contributed by atoms with E-state index in [1.807, 2.05) is 55.6 Å². The molecule has 0 aliphatic heterocycles. The number of tetrazole rings is 1. The van der Waals surface area contributed by atoms with E-state index < -0.39 is 5.60 Å². The lowest BCUT2D eigenvalue weighted by atomic mass is 9.82. The maximum Gasteiger partial charge on any atom is 0.180 e. The van der Waals surface area contributed by atoms with Gasteiger partial charge >= 0.3 is 0 Å². The lowest BCUT2D eigenvalue weighted by Crippen LogP contribution is -2.31. The van der Waals surface area contributed by atoms with Crippen LogP contribution in [0.15, 0.2) is 85.3 Å². The Morgan fingerprint density at radius 3 is 2.54 bits per heavy atom. The maximum absolute atomic E-state index is 13.8. The first-order valence-corrected chi connectivity index (χ1v) is 12.1. The van der Waals surface area contributed by atoms with Crippen LogP contribution in [-0.4, -0.2) is 34.7 Å². The van der Waals surface area contributed by atoms with Crippen molar-refractivity contribution in [2.45, 2.75) is 18.4 Å². The van der Waals surface area contributed by atoms with Crippen LogP contribution in [0.2, 0.25) is 5.02 Å². The van der Waals surface area contributed by atoms with Gasteiger partial charge < -0.3 is 9.67 Å². The van der Waals surface area contributed by atoms with E-state index in [-0.39, 0.29) is 5.82 Å². The Kier molecular flexibility index (Phi) is 5.70. The van der Waals surface area contributed by atoms with E-state index in [9.17, 15) is 9.50 Å². The number of benzene rings is 3. The van der Waals surface area contributed by atoms with E-state index in [2.05, 4.69) is 20.5 Å². The molecule has 3 aromatic carbocycles. The van der Waals surface area contributed by atoms with Gasteiger partial charge in [0, 0.05) is 17.5 Å². The van der Waals surface area contributed by atoms with Crippen LogP contribution >= 0.6 is 11.6 Å². The fourth-order valence-corrected chi connectivity index (χ4v) is 5.14. The summed E-state index contributed by atoms with van der Waals surface area (Å²) in [5, 5.41) is 26.1. The van der Waals surface area contributed by atoms with Crippen molar-refractivity contribution in [2.75, 3.05) is 0 Å². The van der Waals surface area contributed by atoms with Gasteiger partial charge in [0.2, 0.25) is 0 Å². The SMILES string of the molecule is Cn1cncc1C(O)(c1ccc(F)cc1)c1ccc2c(c1)c(CCc1cccc(Cl)c1)cc1nnnn12. The second-order valence-corrected chi connectivity index (χ2v) is 9.52. The van der Waals surface area contributed by atoms with Crippen molar-refractivity contribution in [2.24, 2.45) is 7.05 Å². The van der Waals surface area contributed by atoms with Gasteiger partial charge in [-0.2, -0.15) is 4.52 Å². The zero-order valence-electron chi connectivity index (χ0n) is 19.9. The van der Waals surface area contributed by atoms with Crippen molar-refractivity contribution in [3.05, 3.63) is 124 Å². The molecule has 1 unspecified atom stereocenters. The molecule has 0 saturated carbocycles. The molecule has 37 heavy (non-hydrogen) atoms. The molecular weight excluding hydrogens is 491 g/mol. The zero-order valence-corrected chi connectivity index (χ0v) is 20.6. The number of nitrogens with zero attached hydrogens (tertiary/aromatic N) is 6. The Labute approximate surface area is 216 Å². The van der Waals surface area contributed by atoms with Crippen molar-refractivity contribution < 1.29 is 9.50 Å². The van der Waals surface area contributed by atoms with Crippen LogP contribution in [0.4, 0.5) is 4.39 Å². The predicted octanol–water partition coefficient (Wildman–Crippen LogP) is 4.87. The third-order valence-corrected chi connectivity index (χ3v) is 7.04. The lowest BCUT2D eigenvalue weighted by molar-refractivity contribution is 0.117. The topological polar surface area (TPSA) is 81.1 Å². The van der Waals surface area contributed by atoms with E-state index in [4.69, 9.17) is 11.6 Å². The second-order valence-electron chi connectivity index (χ2n) is 9.09. The maximum atomic E-state index is 13.8. The van der Waals surface area contributed by atoms with Gasteiger partial charge in [0.25, 0.3) is 0 Å². The quantitative estimate of drug-likeness (QED) is 0.344. The Hall–Kier alpha value is -4.14. The van der Waals surface area contributed by atoms with Crippen LogP contribution in [0.25, 0.3) is 16.6 Å². The van der Waals surface area contributed by atoms with Crippen molar-refractivity contribution in [1.29, 1.82) is 0 Å². The number of rotatable bonds is 6. The minimum absolute atomic E-state index is 0.376. The van der Waals surface area contributed by atoms with E-state index >= 15 is 0 Å². The van der Waals surface area contributed by atoms with Gasteiger partial charge in [-0.15, -0.1) is 5.10 Å². The molecule has 184 valence electrons. The van der Waals surface area contributed by atoms with Gasteiger partial charge in [0.15, 0.2) is 11.2 Å². The number of pyridine rings is 1. The molecule has 0 bridgehead atoms. The fourth-order valence-electron chi connectivity index (χ4n) is 4.93. The van der Waals surface area contributed by atoms with Crippen LogP contribution in [0, 0.1) is 5.82 Å². The Morgan fingerprint density at radius 2 is 1.78 bits per heavy atom. The fraction of sp³-hybridized carbons (Fsp3) is 0.143. The molecule has 0 aliphatic carbocycles. The number of halogens is 2.